The molecule has 0 aliphatic heterocycles. The molecule has 6 heteroatoms. The second kappa shape index (κ2) is 5.61. The maximum absolute atomic E-state index is 13.7. The smallest absolute Gasteiger partial charge is 0.241 e. The summed E-state index contributed by atoms with van der Waals surface area (Å²) in [5.41, 5.74) is 1.44. The van der Waals surface area contributed by atoms with Crippen LogP contribution in [0.15, 0.2) is 34.8 Å². The van der Waals surface area contributed by atoms with Crippen LogP contribution in [0.2, 0.25) is 0 Å². The SMILES string of the molecule is Cc1cccc(Br)c1Oc1nc2ccc(F)c(F)c2nc1C. The van der Waals surface area contributed by atoms with Crippen molar-refractivity contribution < 1.29 is 13.5 Å². The summed E-state index contributed by atoms with van der Waals surface area (Å²) in [4.78, 5) is 8.32. The van der Waals surface area contributed by atoms with E-state index >= 15 is 0 Å². The zero-order chi connectivity index (χ0) is 15.9. The molecule has 0 N–H and O–H groups in total. The molecule has 0 aliphatic carbocycles. The summed E-state index contributed by atoms with van der Waals surface area (Å²) in [6.45, 7) is 3.54. The minimum atomic E-state index is -1.00. The van der Waals surface area contributed by atoms with Crippen LogP contribution >= 0.6 is 15.9 Å². The summed E-state index contributed by atoms with van der Waals surface area (Å²) in [5.74, 6) is -1.08. The summed E-state index contributed by atoms with van der Waals surface area (Å²) >= 11 is 3.42. The van der Waals surface area contributed by atoms with Gasteiger partial charge in [-0.15, -0.1) is 0 Å². The first kappa shape index (κ1) is 14.8. The summed E-state index contributed by atoms with van der Waals surface area (Å²) in [7, 11) is 0. The minimum Gasteiger partial charge on any atom is -0.436 e. The Kier molecular flexibility index (Phi) is 3.78. The molecule has 0 atom stereocenters. The highest BCUT2D eigenvalue weighted by Crippen LogP contribution is 2.33. The molecule has 3 nitrogen and oxygen atoms in total. The van der Waals surface area contributed by atoms with Crippen molar-refractivity contribution in [1.29, 1.82) is 0 Å². The zero-order valence-electron chi connectivity index (χ0n) is 11.8. The molecule has 0 bridgehead atoms. The maximum atomic E-state index is 13.7. The van der Waals surface area contributed by atoms with Crippen molar-refractivity contribution in [2.24, 2.45) is 0 Å². The highest BCUT2D eigenvalue weighted by molar-refractivity contribution is 9.10. The predicted octanol–water partition coefficient (Wildman–Crippen LogP) is 5.08. The van der Waals surface area contributed by atoms with Gasteiger partial charge in [0.25, 0.3) is 0 Å². The molecule has 0 saturated carbocycles. The fraction of sp³-hybridized carbons (Fsp3) is 0.125. The number of benzene rings is 2. The lowest BCUT2D eigenvalue weighted by atomic mass is 10.2. The van der Waals surface area contributed by atoms with Gasteiger partial charge in [-0.1, -0.05) is 12.1 Å². The Morgan fingerprint density at radius 3 is 2.55 bits per heavy atom. The summed E-state index contributed by atoms with van der Waals surface area (Å²) in [6.07, 6.45) is 0. The van der Waals surface area contributed by atoms with Gasteiger partial charge in [-0.25, -0.2) is 18.7 Å². The van der Waals surface area contributed by atoms with E-state index in [4.69, 9.17) is 4.74 Å². The molecule has 1 aromatic heterocycles. The van der Waals surface area contributed by atoms with Crippen LogP contribution in [0, 0.1) is 25.5 Å². The third kappa shape index (κ3) is 2.54. The largest absolute Gasteiger partial charge is 0.436 e. The van der Waals surface area contributed by atoms with E-state index in [-0.39, 0.29) is 16.9 Å². The van der Waals surface area contributed by atoms with Crippen molar-refractivity contribution in [1.82, 2.24) is 9.97 Å². The lowest BCUT2D eigenvalue weighted by molar-refractivity contribution is 0.451. The van der Waals surface area contributed by atoms with Crippen molar-refractivity contribution >= 4 is 27.0 Å². The molecule has 0 fully saturated rings. The highest BCUT2D eigenvalue weighted by atomic mass is 79.9. The number of para-hydroxylation sites is 1. The number of aromatic nitrogens is 2. The Hall–Kier alpha value is -2.08. The van der Waals surface area contributed by atoms with Gasteiger partial charge >= 0.3 is 0 Å². The lowest BCUT2D eigenvalue weighted by Crippen LogP contribution is -1.99. The van der Waals surface area contributed by atoms with Gasteiger partial charge in [0, 0.05) is 0 Å². The molecular weight excluding hydrogens is 354 g/mol. The minimum absolute atomic E-state index is 0.103. The maximum Gasteiger partial charge on any atom is 0.241 e. The molecule has 2 aromatic carbocycles. The summed E-state index contributed by atoms with van der Waals surface area (Å²) < 4.78 is 33.6. The first-order valence-corrected chi connectivity index (χ1v) is 7.32. The van der Waals surface area contributed by atoms with E-state index in [2.05, 4.69) is 25.9 Å². The van der Waals surface area contributed by atoms with Crippen molar-refractivity contribution in [3.8, 4) is 11.6 Å². The Labute approximate surface area is 134 Å². The van der Waals surface area contributed by atoms with Gasteiger partial charge in [0.15, 0.2) is 11.6 Å². The van der Waals surface area contributed by atoms with E-state index in [9.17, 15) is 8.78 Å². The number of hydrogen-bond acceptors (Lipinski definition) is 3. The van der Waals surface area contributed by atoms with Crippen LogP contribution in [0.1, 0.15) is 11.3 Å². The van der Waals surface area contributed by atoms with Crippen LogP contribution < -0.4 is 4.74 Å². The number of hydrogen-bond donors (Lipinski definition) is 0. The average molecular weight is 365 g/mol. The first-order chi connectivity index (χ1) is 10.5. The highest BCUT2D eigenvalue weighted by Gasteiger charge is 2.15. The standard InChI is InChI=1S/C16H11BrF2N2O/c1-8-4-3-5-10(17)15(8)22-16-9(2)20-14-12(21-16)7-6-11(18)13(14)19/h3-7H,1-2H3. The molecule has 3 aromatic rings. The molecule has 112 valence electrons. The molecule has 22 heavy (non-hydrogen) atoms. The van der Waals surface area contributed by atoms with E-state index in [0.29, 0.717) is 11.4 Å². The molecule has 0 unspecified atom stereocenters. The van der Waals surface area contributed by atoms with Gasteiger partial charge in [0.2, 0.25) is 5.88 Å². The van der Waals surface area contributed by atoms with E-state index in [0.717, 1.165) is 16.1 Å². The predicted molar refractivity (Wildman–Crippen MR) is 83.1 cm³/mol. The molecule has 0 saturated heterocycles. The van der Waals surface area contributed by atoms with E-state index in [1.165, 1.54) is 6.07 Å². The van der Waals surface area contributed by atoms with Crippen molar-refractivity contribution in [3.63, 3.8) is 0 Å². The number of nitrogens with zero attached hydrogens (tertiary/aromatic N) is 2. The number of fused-ring (bicyclic) bond motifs is 1. The number of rotatable bonds is 2. The van der Waals surface area contributed by atoms with Gasteiger partial charge in [-0.05, 0) is 53.5 Å². The Bertz CT molecular complexity index is 863. The summed E-state index contributed by atoms with van der Waals surface area (Å²) in [5, 5.41) is 0. The van der Waals surface area contributed by atoms with Crippen molar-refractivity contribution in [2.75, 3.05) is 0 Å². The fourth-order valence-corrected chi connectivity index (χ4v) is 2.62. The second-order valence-electron chi connectivity index (χ2n) is 4.83. The molecule has 0 aliphatic rings. The molecule has 0 spiro atoms. The topological polar surface area (TPSA) is 35.0 Å². The fourth-order valence-electron chi connectivity index (χ4n) is 2.07. The number of aryl methyl sites for hydroxylation is 2. The molecule has 1 heterocycles. The Morgan fingerprint density at radius 1 is 1.05 bits per heavy atom. The van der Waals surface area contributed by atoms with E-state index in [1.807, 2.05) is 25.1 Å². The monoisotopic (exact) mass is 364 g/mol. The van der Waals surface area contributed by atoms with Crippen LogP contribution in [-0.4, -0.2) is 9.97 Å². The van der Waals surface area contributed by atoms with Gasteiger partial charge in [0.05, 0.1) is 9.99 Å². The first-order valence-electron chi connectivity index (χ1n) is 6.52. The van der Waals surface area contributed by atoms with Crippen LogP contribution in [-0.2, 0) is 0 Å². The van der Waals surface area contributed by atoms with Crippen LogP contribution in [0.5, 0.6) is 11.6 Å². The third-order valence-corrected chi connectivity index (χ3v) is 3.85. The van der Waals surface area contributed by atoms with Gasteiger partial charge in [-0.3, -0.25) is 0 Å². The molecule has 3 rings (SSSR count). The van der Waals surface area contributed by atoms with Crippen LogP contribution in [0.4, 0.5) is 8.78 Å². The van der Waals surface area contributed by atoms with Crippen LogP contribution in [0.25, 0.3) is 11.0 Å². The van der Waals surface area contributed by atoms with Crippen LogP contribution in [0.3, 0.4) is 0 Å². The second-order valence-corrected chi connectivity index (χ2v) is 5.69. The average Bonchev–Trinajstić information content (AvgIpc) is 2.48. The molecule has 0 amide bonds. The quantitative estimate of drug-likeness (QED) is 0.635. The van der Waals surface area contributed by atoms with Gasteiger partial charge in [-0.2, -0.15) is 0 Å². The Morgan fingerprint density at radius 2 is 1.82 bits per heavy atom. The molecular formula is C16H11BrF2N2O. The molecule has 0 radical (unpaired) electrons. The normalized spacial score (nSPS) is 11.0. The Balaban J connectivity index is 2.12. The number of halogens is 3. The van der Waals surface area contributed by atoms with Crippen molar-refractivity contribution in [2.45, 2.75) is 13.8 Å². The zero-order valence-corrected chi connectivity index (χ0v) is 13.4. The summed E-state index contributed by atoms with van der Waals surface area (Å²) in [6, 6.07) is 8.04. The van der Waals surface area contributed by atoms with Crippen molar-refractivity contribution in [3.05, 3.63) is 57.7 Å². The van der Waals surface area contributed by atoms with Gasteiger partial charge in [0.1, 0.15) is 17.0 Å². The van der Waals surface area contributed by atoms with E-state index < -0.39 is 11.6 Å². The lowest BCUT2D eigenvalue weighted by Gasteiger charge is -2.12. The number of ether oxygens (including phenoxy) is 1. The van der Waals surface area contributed by atoms with Gasteiger partial charge < -0.3 is 4.74 Å². The third-order valence-electron chi connectivity index (χ3n) is 3.22. The van der Waals surface area contributed by atoms with E-state index in [1.54, 1.807) is 6.92 Å².